The van der Waals surface area contributed by atoms with E-state index in [-0.39, 0.29) is 18.4 Å². The molecule has 1 aliphatic heterocycles. The summed E-state index contributed by atoms with van der Waals surface area (Å²) in [6.07, 6.45) is 0.755. The highest BCUT2D eigenvalue weighted by atomic mass is 16.5. The highest BCUT2D eigenvalue weighted by molar-refractivity contribution is 6.00. The standard InChI is InChI=1S/C21H24N2O3/c1-21(2,3)20(25)22-16-9-10-18-17(13-16)23(19(24)14-26-18)12-11-15-7-5-4-6-8-15/h4-10,13H,11-12,14H2,1-3H3,(H,22,25). The van der Waals surface area contributed by atoms with Gasteiger partial charge in [-0.2, -0.15) is 0 Å². The van der Waals surface area contributed by atoms with Crippen LogP contribution in [0.5, 0.6) is 5.75 Å². The monoisotopic (exact) mass is 352 g/mol. The Morgan fingerprint density at radius 1 is 1.15 bits per heavy atom. The lowest BCUT2D eigenvalue weighted by Gasteiger charge is -2.30. The number of amides is 2. The lowest BCUT2D eigenvalue weighted by atomic mass is 9.95. The fourth-order valence-electron chi connectivity index (χ4n) is 2.73. The molecule has 0 aromatic heterocycles. The summed E-state index contributed by atoms with van der Waals surface area (Å²) < 4.78 is 5.54. The molecule has 2 amide bonds. The quantitative estimate of drug-likeness (QED) is 0.914. The first-order chi connectivity index (χ1) is 12.3. The Hall–Kier alpha value is -2.82. The van der Waals surface area contributed by atoms with E-state index in [1.807, 2.05) is 51.1 Å². The molecular weight excluding hydrogens is 328 g/mol. The number of benzene rings is 2. The minimum absolute atomic E-state index is 0.0372. The van der Waals surface area contributed by atoms with Gasteiger partial charge in [0.2, 0.25) is 5.91 Å². The molecule has 0 saturated carbocycles. The maximum Gasteiger partial charge on any atom is 0.265 e. The van der Waals surface area contributed by atoms with Gasteiger partial charge >= 0.3 is 0 Å². The summed E-state index contributed by atoms with van der Waals surface area (Å²) >= 11 is 0. The van der Waals surface area contributed by atoms with Gasteiger partial charge in [-0.25, -0.2) is 0 Å². The van der Waals surface area contributed by atoms with Gasteiger partial charge in [0.25, 0.3) is 5.91 Å². The number of carbonyl (C=O) groups is 2. The van der Waals surface area contributed by atoms with Gasteiger partial charge in [-0.05, 0) is 30.2 Å². The van der Waals surface area contributed by atoms with Crippen LogP contribution in [0.2, 0.25) is 0 Å². The summed E-state index contributed by atoms with van der Waals surface area (Å²) in [6, 6.07) is 15.5. The van der Waals surface area contributed by atoms with Gasteiger partial charge in [0.1, 0.15) is 5.75 Å². The number of anilines is 2. The molecule has 0 spiro atoms. The molecule has 0 radical (unpaired) electrons. The average molecular weight is 352 g/mol. The predicted octanol–water partition coefficient (Wildman–Crippen LogP) is 3.64. The van der Waals surface area contributed by atoms with Crippen LogP contribution in [-0.2, 0) is 16.0 Å². The van der Waals surface area contributed by atoms with Crippen LogP contribution in [-0.4, -0.2) is 25.0 Å². The van der Waals surface area contributed by atoms with Crippen molar-refractivity contribution in [2.75, 3.05) is 23.4 Å². The molecule has 1 aliphatic rings. The minimum Gasteiger partial charge on any atom is -0.482 e. The second-order valence-corrected chi connectivity index (χ2v) is 7.46. The third-order valence-corrected chi connectivity index (χ3v) is 4.31. The summed E-state index contributed by atoms with van der Waals surface area (Å²) in [7, 11) is 0. The Balaban J connectivity index is 1.81. The topological polar surface area (TPSA) is 58.6 Å². The maximum atomic E-state index is 12.4. The van der Waals surface area contributed by atoms with E-state index in [9.17, 15) is 9.59 Å². The van der Waals surface area contributed by atoms with E-state index in [4.69, 9.17) is 4.74 Å². The number of ether oxygens (including phenoxy) is 1. The van der Waals surface area contributed by atoms with Crippen molar-refractivity contribution in [3.05, 3.63) is 54.1 Å². The smallest absolute Gasteiger partial charge is 0.265 e. The highest BCUT2D eigenvalue weighted by Crippen LogP contribution is 2.35. The molecule has 26 heavy (non-hydrogen) atoms. The first kappa shape index (κ1) is 18.0. The van der Waals surface area contributed by atoms with Gasteiger partial charge < -0.3 is 15.0 Å². The zero-order valence-electron chi connectivity index (χ0n) is 15.4. The Morgan fingerprint density at radius 3 is 2.58 bits per heavy atom. The molecule has 0 atom stereocenters. The molecule has 1 N–H and O–H groups in total. The van der Waals surface area contributed by atoms with E-state index in [0.29, 0.717) is 23.7 Å². The van der Waals surface area contributed by atoms with Crippen LogP contribution in [0.1, 0.15) is 26.3 Å². The zero-order valence-corrected chi connectivity index (χ0v) is 15.4. The van der Waals surface area contributed by atoms with Gasteiger partial charge in [-0.3, -0.25) is 9.59 Å². The number of nitrogens with zero attached hydrogens (tertiary/aromatic N) is 1. The van der Waals surface area contributed by atoms with Crippen molar-refractivity contribution in [1.82, 2.24) is 0 Å². The van der Waals surface area contributed by atoms with Crippen LogP contribution in [0.25, 0.3) is 0 Å². The van der Waals surface area contributed by atoms with Gasteiger partial charge in [0.05, 0.1) is 5.69 Å². The number of hydrogen-bond donors (Lipinski definition) is 1. The van der Waals surface area contributed by atoms with Crippen LogP contribution in [0.4, 0.5) is 11.4 Å². The molecule has 2 aromatic carbocycles. The molecular formula is C21H24N2O3. The van der Waals surface area contributed by atoms with Crippen molar-refractivity contribution in [3.8, 4) is 5.75 Å². The SMILES string of the molecule is CC(C)(C)C(=O)Nc1ccc2c(c1)N(CCc1ccccc1)C(=O)CO2. The van der Waals surface area contributed by atoms with E-state index in [0.717, 1.165) is 6.42 Å². The first-order valence-corrected chi connectivity index (χ1v) is 8.77. The van der Waals surface area contributed by atoms with E-state index in [2.05, 4.69) is 5.32 Å². The molecule has 0 bridgehead atoms. The van der Waals surface area contributed by atoms with Gasteiger partial charge in [0.15, 0.2) is 6.61 Å². The van der Waals surface area contributed by atoms with Crippen LogP contribution in [0, 0.1) is 5.41 Å². The third kappa shape index (κ3) is 4.04. The number of carbonyl (C=O) groups excluding carboxylic acids is 2. The molecule has 0 saturated heterocycles. The van der Waals surface area contributed by atoms with Crippen molar-refractivity contribution in [1.29, 1.82) is 0 Å². The van der Waals surface area contributed by atoms with Crippen LogP contribution in [0.15, 0.2) is 48.5 Å². The maximum absolute atomic E-state index is 12.4. The van der Waals surface area contributed by atoms with E-state index in [1.54, 1.807) is 23.1 Å². The van der Waals surface area contributed by atoms with Crippen LogP contribution < -0.4 is 15.0 Å². The molecule has 0 fully saturated rings. The Labute approximate surface area is 154 Å². The molecule has 2 aromatic rings. The fraction of sp³-hybridized carbons (Fsp3) is 0.333. The zero-order chi connectivity index (χ0) is 18.7. The lowest BCUT2D eigenvalue weighted by Crippen LogP contribution is -2.40. The lowest BCUT2D eigenvalue weighted by molar-refractivity contribution is -0.123. The molecule has 0 unspecified atom stereocenters. The third-order valence-electron chi connectivity index (χ3n) is 4.31. The van der Waals surface area contributed by atoms with Crippen molar-refractivity contribution in [2.24, 2.45) is 5.41 Å². The van der Waals surface area contributed by atoms with Crippen molar-refractivity contribution < 1.29 is 14.3 Å². The Morgan fingerprint density at radius 2 is 1.88 bits per heavy atom. The highest BCUT2D eigenvalue weighted by Gasteiger charge is 2.27. The average Bonchev–Trinajstić information content (AvgIpc) is 2.61. The molecule has 5 heteroatoms. The van der Waals surface area contributed by atoms with Crippen LogP contribution >= 0.6 is 0 Å². The second-order valence-electron chi connectivity index (χ2n) is 7.46. The molecule has 136 valence electrons. The van der Waals surface area contributed by atoms with E-state index in [1.165, 1.54) is 5.56 Å². The fourth-order valence-corrected chi connectivity index (χ4v) is 2.73. The first-order valence-electron chi connectivity index (χ1n) is 8.77. The normalized spacial score (nSPS) is 13.8. The summed E-state index contributed by atoms with van der Waals surface area (Å²) in [5.74, 6) is 0.510. The largest absolute Gasteiger partial charge is 0.482 e. The van der Waals surface area contributed by atoms with Gasteiger partial charge in [0, 0.05) is 17.6 Å². The van der Waals surface area contributed by atoms with Crippen molar-refractivity contribution in [2.45, 2.75) is 27.2 Å². The van der Waals surface area contributed by atoms with Crippen LogP contribution in [0.3, 0.4) is 0 Å². The van der Waals surface area contributed by atoms with Crippen molar-refractivity contribution in [3.63, 3.8) is 0 Å². The summed E-state index contributed by atoms with van der Waals surface area (Å²) in [6.45, 7) is 6.18. The summed E-state index contributed by atoms with van der Waals surface area (Å²) in [5.41, 5.74) is 2.04. The number of fused-ring (bicyclic) bond motifs is 1. The molecule has 1 heterocycles. The molecule has 3 rings (SSSR count). The molecule has 0 aliphatic carbocycles. The summed E-state index contributed by atoms with van der Waals surface area (Å²) in [5, 5.41) is 2.91. The summed E-state index contributed by atoms with van der Waals surface area (Å²) in [4.78, 5) is 26.4. The van der Waals surface area contributed by atoms with E-state index >= 15 is 0 Å². The van der Waals surface area contributed by atoms with Gasteiger partial charge in [-0.15, -0.1) is 0 Å². The predicted molar refractivity (Wildman–Crippen MR) is 103 cm³/mol. The van der Waals surface area contributed by atoms with Gasteiger partial charge in [-0.1, -0.05) is 51.1 Å². The van der Waals surface area contributed by atoms with Crippen molar-refractivity contribution >= 4 is 23.2 Å². The Kier molecular flexibility index (Phi) is 4.98. The van der Waals surface area contributed by atoms with E-state index < -0.39 is 5.41 Å². The minimum atomic E-state index is -0.491. The Bertz CT molecular complexity index is 810. The number of hydrogen-bond acceptors (Lipinski definition) is 3. The number of nitrogens with one attached hydrogen (secondary N) is 1. The molecule has 5 nitrogen and oxygen atoms in total. The number of rotatable bonds is 4. The second kappa shape index (κ2) is 7.20.